The van der Waals surface area contributed by atoms with Crippen LogP contribution in [-0.2, 0) is 10.9 Å². The van der Waals surface area contributed by atoms with Gasteiger partial charge in [-0.3, -0.25) is 0 Å². The number of benzene rings is 1. The van der Waals surface area contributed by atoms with Crippen molar-refractivity contribution in [2.45, 2.75) is 25.9 Å². The molecule has 8 heteroatoms. The van der Waals surface area contributed by atoms with Crippen LogP contribution in [0.5, 0.6) is 0 Å². The Morgan fingerprint density at radius 3 is 2.62 bits per heavy atom. The number of ether oxygens (including phenoxy) is 1. The highest BCUT2D eigenvalue weighted by Crippen LogP contribution is 2.32. The summed E-state index contributed by atoms with van der Waals surface area (Å²) in [6.45, 7) is 2.13. The number of halogens is 3. The maximum absolute atomic E-state index is 13.5. The van der Waals surface area contributed by atoms with Crippen LogP contribution in [0.1, 0.15) is 35.8 Å². The maximum atomic E-state index is 13.5. The van der Waals surface area contributed by atoms with Crippen LogP contribution in [0.15, 0.2) is 42.6 Å². The molecule has 5 nitrogen and oxygen atoms in total. The van der Waals surface area contributed by atoms with E-state index in [0.29, 0.717) is 16.5 Å². The molecule has 1 aromatic carbocycles. The second-order valence-electron chi connectivity index (χ2n) is 5.67. The highest BCUT2D eigenvalue weighted by Gasteiger charge is 2.36. The van der Waals surface area contributed by atoms with Crippen molar-refractivity contribution in [3.8, 4) is 11.3 Å². The lowest BCUT2D eigenvalue weighted by atomic mass is 10.1. The average molecular weight is 363 g/mol. The lowest BCUT2D eigenvalue weighted by Gasteiger charge is -2.11. The molecule has 0 aliphatic carbocycles. The standard InChI is InChI=1S/C18H16F3N3O2/c1-2-3-9-26-17(25)13-11-22-24-15(18(19,20)21)10-14(23-16(13)24)12-7-5-4-6-8-12/h4-8,10-11H,2-3,9H2,1H3. The zero-order valence-corrected chi connectivity index (χ0v) is 14.0. The van der Waals surface area contributed by atoms with Gasteiger partial charge in [0.25, 0.3) is 0 Å². The molecule has 2 aromatic heterocycles. The van der Waals surface area contributed by atoms with E-state index in [9.17, 15) is 18.0 Å². The molecule has 3 rings (SSSR count). The molecule has 3 aromatic rings. The number of aromatic nitrogens is 3. The number of unbranched alkanes of at least 4 members (excludes halogenated alkanes) is 1. The minimum atomic E-state index is -4.65. The van der Waals surface area contributed by atoms with Crippen LogP contribution >= 0.6 is 0 Å². The molecule has 0 aliphatic rings. The maximum Gasteiger partial charge on any atom is 0.433 e. The summed E-state index contributed by atoms with van der Waals surface area (Å²) >= 11 is 0. The first-order valence-electron chi connectivity index (χ1n) is 8.10. The van der Waals surface area contributed by atoms with Gasteiger partial charge in [-0.25, -0.2) is 14.3 Å². The van der Waals surface area contributed by atoms with E-state index < -0.39 is 17.8 Å². The first-order valence-corrected chi connectivity index (χ1v) is 8.10. The number of carbonyl (C=O) groups is 1. The highest BCUT2D eigenvalue weighted by molar-refractivity contribution is 5.96. The van der Waals surface area contributed by atoms with Crippen molar-refractivity contribution in [1.29, 1.82) is 0 Å². The summed E-state index contributed by atoms with van der Waals surface area (Å²) in [5.41, 5.74) is -0.668. The molecule has 0 aliphatic heterocycles. The molecular weight excluding hydrogens is 347 g/mol. The van der Waals surface area contributed by atoms with Crippen LogP contribution in [0.2, 0.25) is 0 Å². The van der Waals surface area contributed by atoms with Crippen molar-refractivity contribution in [3.05, 3.63) is 53.9 Å². The molecule has 0 radical (unpaired) electrons. The normalized spacial score (nSPS) is 11.7. The minimum Gasteiger partial charge on any atom is -0.462 e. The van der Waals surface area contributed by atoms with E-state index in [0.717, 1.165) is 18.7 Å². The molecule has 0 fully saturated rings. The van der Waals surface area contributed by atoms with Crippen LogP contribution < -0.4 is 0 Å². The Hall–Kier alpha value is -2.90. The third-order valence-corrected chi connectivity index (χ3v) is 3.78. The van der Waals surface area contributed by atoms with Crippen molar-refractivity contribution >= 4 is 11.6 Å². The first kappa shape index (κ1) is 17.9. The molecule has 0 unspecified atom stereocenters. The van der Waals surface area contributed by atoms with Gasteiger partial charge >= 0.3 is 12.1 Å². The van der Waals surface area contributed by atoms with E-state index in [1.165, 1.54) is 0 Å². The van der Waals surface area contributed by atoms with Crippen LogP contribution in [0.3, 0.4) is 0 Å². The van der Waals surface area contributed by atoms with Gasteiger partial charge in [0.15, 0.2) is 11.3 Å². The largest absolute Gasteiger partial charge is 0.462 e. The summed E-state index contributed by atoms with van der Waals surface area (Å²) in [6, 6.07) is 9.36. The summed E-state index contributed by atoms with van der Waals surface area (Å²) in [5.74, 6) is -0.737. The zero-order valence-electron chi connectivity index (χ0n) is 14.0. The van der Waals surface area contributed by atoms with Gasteiger partial charge in [0.05, 0.1) is 18.5 Å². The number of esters is 1. The zero-order chi connectivity index (χ0) is 18.7. The minimum absolute atomic E-state index is 0.0932. The van der Waals surface area contributed by atoms with Crippen LogP contribution in [0.25, 0.3) is 16.9 Å². The van der Waals surface area contributed by atoms with E-state index in [1.54, 1.807) is 30.3 Å². The Bertz CT molecular complexity index is 921. The lowest BCUT2D eigenvalue weighted by molar-refractivity contribution is -0.142. The summed E-state index contributed by atoms with van der Waals surface area (Å²) in [5, 5.41) is 3.70. The number of hydrogen-bond acceptors (Lipinski definition) is 4. The van der Waals surface area contributed by atoms with E-state index in [2.05, 4.69) is 10.1 Å². The predicted molar refractivity (Wildman–Crippen MR) is 88.6 cm³/mol. The fourth-order valence-corrected chi connectivity index (χ4v) is 2.45. The average Bonchev–Trinajstić information content (AvgIpc) is 3.05. The summed E-state index contributed by atoms with van der Waals surface area (Å²) in [4.78, 5) is 16.4. The van der Waals surface area contributed by atoms with Gasteiger partial charge in [-0.15, -0.1) is 0 Å². The summed E-state index contributed by atoms with van der Waals surface area (Å²) in [7, 11) is 0. The van der Waals surface area contributed by atoms with Crippen molar-refractivity contribution in [2.75, 3.05) is 6.61 Å². The summed E-state index contributed by atoms with van der Waals surface area (Å²) in [6.07, 6.45) is -2.10. The molecule has 0 amide bonds. The number of carbonyl (C=O) groups excluding carboxylic acids is 1. The Kier molecular flexibility index (Phi) is 4.92. The number of hydrogen-bond donors (Lipinski definition) is 0. The van der Waals surface area contributed by atoms with Crippen LogP contribution in [0, 0.1) is 0 Å². The monoisotopic (exact) mass is 363 g/mol. The lowest BCUT2D eigenvalue weighted by Crippen LogP contribution is -2.14. The van der Waals surface area contributed by atoms with Crippen molar-refractivity contribution in [1.82, 2.24) is 14.6 Å². The van der Waals surface area contributed by atoms with Gasteiger partial charge < -0.3 is 4.74 Å². The molecule has 136 valence electrons. The topological polar surface area (TPSA) is 56.5 Å². The smallest absolute Gasteiger partial charge is 0.433 e. The number of alkyl halides is 3. The molecule has 0 saturated carbocycles. The van der Waals surface area contributed by atoms with Gasteiger partial charge in [0.2, 0.25) is 0 Å². The number of fused-ring (bicyclic) bond motifs is 1. The third kappa shape index (κ3) is 3.54. The molecule has 0 bridgehead atoms. The van der Waals surface area contributed by atoms with E-state index in [1.807, 2.05) is 6.92 Å². The Morgan fingerprint density at radius 1 is 1.23 bits per heavy atom. The molecule has 0 saturated heterocycles. The van der Waals surface area contributed by atoms with E-state index in [-0.39, 0.29) is 23.5 Å². The predicted octanol–water partition coefficient (Wildman–Crippen LogP) is 4.37. The second kappa shape index (κ2) is 7.15. The van der Waals surface area contributed by atoms with Crippen LogP contribution in [0.4, 0.5) is 13.2 Å². The Labute approximate surface area is 147 Å². The Morgan fingerprint density at radius 2 is 1.96 bits per heavy atom. The highest BCUT2D eigenvalue weighted by atomic mass is 19.4. The fraction of sp³-hybridized carbons (Fsp3) is 0.278. The van der Waals surface area contributed by atoms with Gasteiger partial charge in [0.1, 0.15) is 5.56 Å². The van der Waals surface area contributed by atoms with E-state index in [4.69, 9.17) is 4.74 Å². The van der Waals surface area contributed by atoms with Crippen LogP contribution in [-0.4, -0.2) is 27.2 Å². The molecule has 2 heterocycles. The molecular formula is C18H16F3N3O2. The van der Waals surface area contributed by atoms with Crippen molar-refractivity contribution < 1.29 is 22.7 Å². The van der Waals surface area contributed by atoms with Gasteiger partial charge in [-0.1, -0.05) is 43.7 Å². The summed E-state index contributed by atoms with van der Waals surface area (Å²) < 4.78 is 46.1. The molecule has 26 heavy (non-hydrogen) atoms. The van der Waals surface area contributed by atoms with Gasteiger partial charge in [0, 0.05) is 5.56 Å². The van der Waals surface area contributed by atoms with Gasteiger partial charge in [-0.2, -0.15) is 18.3 Å². The first-order chi connectivity index (χ1) is 12.4. The molecule has 0 N–H and O–H groups in total. The Balaban J connectivity index is 2.13. The molecule has 0 spiro atoms. The SMILES string of the molecule is CCCCOC(=O)c1cnn2c(C(F)(F)F)cc(-c3ccccc3)nc12. The fourth-order valence-electron chi connectivity index (χ4n) is 2.45. The van der Waals surface area contributed by atoms with Crippen molar-refractivity contribution in [2.24, 2.45) is 0 Å². The third-order valence-electron chi connectivity index (χ3n) is 3.78. The second-order valence-corrected chi connectivity index (χ2v) is 5.67. The van der Waals surface area contributed by atoms with Crippen molar-refractivity contribution in [3.63, 3.8) is 0 Å². The van der Waals surface area contributed by atoms with Gasteiger partial charge in [-0.05, 0) is 12.5 Å². The number of nitrogens with zero attached hydrogens (tertiary/aromatic N) is 3. The van der Waals surface area contributed by atoms with E-state index >= 15 is 0 Å². The quantitative estimate of drug-likeness (QED) is 0.499. The number of rotatable bonds is 5. The molecule has 0 atom stereocenters.